The van der Waals surface area contributed by atoms with E-state index in [0.717, 1.165) is 22.1 Å². The summed E-state index contributed by atoms with van der Waals surface area (Å²) in [5.41, 5.74) is 6.21. The maximum Gasteiger partial charge on any atom is 0.308 e. The number of carbonyl (C=O) groups is 14. The zero-order valence-electron chi connectivity index (χ0n) is 70.9. The Hall–Kier alpha value is -12.0. The molecule has 2 aromatic heterocycles. The Balaban J connectivity index is 0.883. The Morgan fingerprint density at radius 3 is 1.18 bits per heavy atom. The Bertz CT molecular complexity index is 4520. The van der Waals surface area contributed by atoms with Crippen LogP contribution in [0.5, 0.6) is 0 Å². The summed E-state index contributed by atoms with van der Waals surface area (Å²) >= 11 is 0. The van der Waals surface area contributed by atoms with E-state index in [1.165, 1.54) is 28.9 Å². The number of H-pyrrole nitrogens is 2. The average Bonchev–Trinajstić information content (AvgIpc) is 1.66. The molecule has 2 aliphatic rings. The van der Waals surface area contributed by atoms with E-state index in [2.05, 4.69) is 73.1 Å². The molecule has 34 nitrogen and oxygen atoms in total. The lowest BCUT2D eigenvalue weighted by Gasteiger charge is -2.27. The van der Waals surface area contributed by atoms with Gasteiger partial charge in [-0.05, 0) is 130 Å². The highest BCUT2D eigenvalue weighted by Crippen LogP contribution is 2.30. The number of nitrogens with zero attached hydrogens (tertiary/aromatic N) is 6. The molecule has 4 aromatic carbocycles. The lowest BCUT2D eigenvalue weighted by atomic mass is 10.0. The molecule has 34 heteroatoms. The largest absolute Gasteiger partial charge is 0.469 e. The van der Waals surface area contributed by atoms with Crippen LogP contribution in [0.4, 0.5) is 11.4 Å². The number of benzene rings is 4. The van der Waals surface area contributed by atoms with Crippen molar-refractivity contribution in [2.24, 2.45) is 5.92 Å². The second-order valence-electron chi connectivity index (χ2n) is 30.8. The Kier molecular flexibility index (Phi) is 36.1. The SMILES string of the molecule is CCC[C@@H](C)C(=O)N[C@@H](CCC)C(=O)NC(CCC(=O)N[C@@H](CCC)C(=O)N[C@@H](CCC)C(=O)NCCCN1Cc2cc(C(=O)N(C)Cc3nc4ccccc4[nH]3)ccc2N[C@H](CC(=O)OC)C1=O)C(=O)N[C@@H](CCC)C(=O)N[C@@H](CCC)C(=O)NCCCN1Cc2cc(C(=O)N(C)Cc3nc4ccccc4[nH]3)ccc2N[C@@H](CC(=O)OC)C1=O. The minimum absolute atomic E-state index is 0.0422. The van der Waals surface area contributed by atoms with E-state index >= 15 is 0 Å². The number of aromatic amines is 2. The Labute approximate surface area is 700 Å². The standard InChI is InChI=1S/C86H120N18O16/c1-12-24-52(7)76(108)96-66(28-16-5)80(112)100-68(82(114)99-67(29-17-6)81(113)98-64(26-14-3)78(110)88-41-23-43-104-49-56-45-54(35-37-58(56)90-70(86(104)118)47-75(107)120-11)84(116)102(9)51-72-93-61-32-20-21-33-62(61)94-72)38-39-73(105)95-65(27-15-4)79(111)97-63(25-13-2)77(109)87-40-22-42-103-48-55-44-53(34-36-57(55)89-69(85(103)117)46-74(106)119-10)83(115)101(8)50-71-91-59-30-18-19-31-60(59)92-71/h18-21,30-37,44-45,52,63-70,89-90H,12-17,22-29,38-43,46-51H2,1-11H3,(H,87,109)(H,88,110)(H,91,92)(H,93,94)(H,95,105)(H,96,108)(H,97,111)(H,98,113)(H,99,114)(H,100,112)/t52-,63+,64+,65+,66+,67+,68?,69-,70+/m1/s1. The fraction of sp³-hybridized carbons (Fsp3) is 0.535. The molecule has 9 atom stereocenters. The first-order valence-electron chi connectivity index (χ1n) is 41.9. The number of nitrogens with one attached hydrogen (secondary N) is 12. The van der Waals surface area contributed by atoms with Gasteiger partial charge < -0.3 is 92.2 Å². The number of carbonyl (C=O) groups excluding carboxylic acids is 14. The first kappa shape index (κ1) is 93.5. The van der Waals surface area contributed by atoms with Gasteiger partial charge in [-0.3, -0.25) is 67.1 Å². The van der Waals surface area contributed by atoms with Gasteiger partial charge in [0.05, 0.1) is 62.2 Å². The second-order valence-corrected chi connectivity index (χ2v) is 30.8. The molecule has 6 aromatic rings. The van der Waals surface area contributed by atoms with Crippen molar-refractivity contribution in [1.82, 2.24) is 82.1 Å². The summed E-state index contributed by atoms with van der Waals surface area (Å²) in [4.78, 5) is 217. The van der Waals surface area contributed by atoms with Gasteiger partial charge in [-0.1, -0.05) is 111 Å². The van der Waals surface area contributed by atoms with Crippen molar-refractivity contribution in [1.29, 1.82) is 0 Å². The normalized spacial score (nSPS) is 15.5. The molecule has 0 aliphatic carbocycles. The van der Waals surface area contributed by atoms with Crippen LogP contribution in [0, 0.1) is 5.92 Å². The molecule has 2 aliphatic heterocycles. The predicted molar refractivity (Wildman–Crippen MR) is 450 cm³/mol. The number of imidazole rings is 2. The van der Waals surface area contributed by atoms with Crippen molar-refractivity contribution in [3.05, 3.63) is 119 Å². The van der Waals surface area contributed by atoms with Gasteiger partial charge in [0, 0.05) is 88.2 Å². The van der Waals surface area contributed by atoms with E-state index in [1.54, 1.807) is 76.2 Å². The van der Waals surface area contributed by atoms with E-state index in [0.29, 0.717) is 90.2 Å². The second kappa shape index (κ2) is 46.4. The molecule has 0 bridgehead atoms. The number of methoxy groups -OCH3 is 2. The maximum atomic E-state index is 14.8. The number of hydrogen-bond acceptors (Lipinski definition) is 20. The molecule has 12 N–H and O–H groups in total. The molecule has 12 amide bonds. The van der Waals surface area contributed by atoms with Gasteiger partial charge in [0.2, 0.25) is 59.1 Å². The van der Waals surface area contributed by atoms with Gasteiger partial charge in [-0.2, -0.15) is 0 Å². The van der Waals surface area contributed by atoms with Gasteiger partial charge in [0.1, 0.15) is 60.0 Å². The van der Waals surface area contributed by atoms with Crippen molar-refractivity contribution in [3.63, 3.8) is 0 Å². The topological polar surface area (TPSA) is 448 Å². The monoisotopic (exact) mass is 1660 g/mol. The number of fused-ring (bicyclic) bond motifs is 4. The summed E-state index contributed by atoms with van der Waals surface area (Å²) in [6.07, 6.45) is 3.31. The van der Waals surface area contributed by atoms with Crippen LogP contribution >= 0.6 is 0 Å². The summed E-state index contributed by atoms with van der Waals surface area (Å²) in [6, 6.07) is 15.9. The number of anilines is 2. The third-order valence-electron chi connectivity index (χ3n) is 21.2. The first-order valence-corrected chi connectivity index (χ1v) is 41.9. The Morgan fingerprint density at radius 1 is 0.458 bits per heavy atom. The van der Waals surface area contributed by atoms with Crippen LogP contribution in [0.2, 0.25) is 0 Å². The molecule has 0 saturated carbocycles. The molecule has 1 unspecified atom stereocenters. The van der Waals surface area contributed by atoms with Crippen LogP contribution in [0.15, 0.2) is 84.9 Å². The van der Waals surface area contributed by atoms with Crippen molar-refractivity contribution < 1.29 is 76.6 Å². The zero-order valence-corrected chi connectivity index (χ0v) is 70.9. The van der Waals surface area contributed by atoms with Crippen molar-refractivity contribution in [3.8, 4) is 0 Å². The molecule has 650 valence electrons. The molecule has 0 radical (unpaired) electrons. The number of amides is 12. The van der Waals surface area contributed by atoms with E-state index < -0.39 is 126 Å². The van der Waals surface area contributed by atoms with Crippen molar-refractivity contribution >= 4 is 116 Å². The third kappa shape index (κ3) is 26.8. The van der Waals surface area contributed by atoms with Crippen molar-refractivity contribution in [2.75, 3.05) is 65.1 Å². The average molecular weight is 1660 g/mol. The van der Waals surface area contributed by atoms with Crippen LogP contribution < -0.4 is 53.2 Å². The first-order chi connectivity index (χ1) is 57.6. The summed E-state index contributed by atoms with van der Waals surface area (Å²) in [5.74, 6) is -6.98. The van der Waals surface area contributed by atoms with Gasteiger partial charge in [-0.25, -0.2) is 9.97 Å². The van der Waals surface area contributed by atoms with Gasteiger partial charge in [0.15, 0.2) is 0 Å². The molecule has 120 heavy (non-hydrogen) atoms. The minimum Gasteiger partial charge on any atom is -0.469 e. The molecule has 0 fully saturated rings. The molecule has 0 spiro atoms. The van der Waals surface area contributed by atoms with E-state index in [1.807, 2.05) is 76.2 Å². The number of esters is 2. The van der Waals surface area contributed by atoms with E-state index in [9.17, 15) is 67.1 Å². The number of ether oxygens (including phenoxy) is 2. The molecule has 8 rings (SSSR count). The summed E-state index contributed by atoms with van der Waals surface area (Å²) in [5, 5.41) is 28.8. The third-order valence-corrected chi connectivity index (χ3v) is 21.2. The number of aromatic nitrogens is 4. The van der Waals surface area contributed by atoms with E-state index in [4.69, 9.17) is 9.47 Å². The van der Waals surface area contributed by atoms with Crippen molar-refractivity contribution in [2.45, 2.75) is 239 Å². The lowest BCUT2D eigenvalue weighted by molar-refractivity contribution is -0.144. The summed E-state index contributed by atoms with van der Waals surface area (Å²) < 4.78 is 9.87. The number of rotatable bonds is 46. The smallest absolute Gasteiger partial charge is 0.308 e. The zero-order chi connectivity index (χ0) is 87.1. The molecular formula is C86H120N18O16. The quantitative estimate of drug-likeness (QED) is 0.0150. The molecule has 0 saturated heterocycles. The number of hydrogen-bond donors (Lipinski definition) is 12. The maximum absolute atomic E-state index is 14.8. The summed E-state index contributed by atoms with van der Waals surface area (Å²) in [6.45, 7) is 13.6. The van der Waals surface area contributed by atoms with Gasteiger partial charge in [0.25, 0.3) is 11.8 Å². The highest BCUT2D eigenvalue weighted by Gasteiger charge is 2.37. The highest BCUT2D eigenvalue weighted by molar-refractivity contribution is 5.99. The fourth-order valence-electron chi connectivity index (χ4n) is 14.6. The Morgan fingerprint density at radius 2 is 0.808 bits per heavy atom. The van der Waals surface area contributed by atoms with E-state index in [-0.39, 0.29) is 134 Å². The molecule has 4 heterocycles. The molecular weight excluding hydrogens is 1540 g/mol. The van der Waals surface area contributed by atoms with Crippen LogP contribution in [0.3, 0.4) is 0 Å². The number of para-hydroxylation sites is 4. The van der Waals surface area contributed by atoms with Gasteiger partial charge >= 0.3 is 11.9 Å². The highest BCUT2D eigenvalue weighted by atomic mass is 16.5. The van der Waals surface area contributed by atoms with Crippen LogP contribution in [-0.2, 0) is 93.2 Å². The predicted octanol–water partition coefficient (Wildman–Crippen LogP) is 6.19. The fourth-order valence-corrected chi connectivity index (χ4v) is 14.6. The van der Waals surface area contributed by atoms with Crippen LogP contribution in [0.25, 0.3) is 22.1 Å². The lowest BCUT2D eigenvalue weighted by Crippen LogP contribution is -2.58. The summed E-state index contributed by atoms with van der Waals surface area (Å²) in [7, 11) is 5.77. The van der Waals surface area contributed by atoms with Gasteiger partial charge in [-0.15, -0.1) is 0 Å². The van der Waals surface area contributed by atoms with Crippen LogP contribution in [-0.4, -0.2) is 225 Å². The minimum atomic E-state index is -1.49. The van der Waals surface area contributed by atoms with Crippen LogP contribution in [0.1, 0.15) is 208 Å².